The maximum Gasteiger partial charge on any atom is 0.416 e. The summed E-state index contributed by atoms with van der Waals surface area (Å²) in [5, 5.41) is 2.69. The van der Waals surface area contributed by atoms with E-state index < -0.39 is 39.5 Å². The number of nitrogens with zero attached hydrogens (tertiary/aromatic N) is 4. The molecule has 0 spiro atoms. The second-order valence-corrected chi connectivity index (χ2v) is 10.5. The minimum absolute atomic E-state index is 0.0285. The first kappa shape index (κ1) is 27.3. The smallest absolute Gasteiger partial charge is 0.349 e. The van der Waals surface area contributed by atoms with Gasteiger partial charge in [0.15, 0.2) is 0 Å². The number of hydrogen-bond acceptors (Lipinski definition) is 6. The van der Waals surface area contributed by atoms with E-state index in [1.807, 2.05) is 0 Å². The second-order valence-electron chi connectivity index (χ2n) is 8.63. The van der Waals surface area contributed by atoms with Crippen molar-refractivity contribution in [2.24, 2.45) is 10.9 Å². The van der Waals surface area contributed by atoms with E-state index in [0.29, 0.717) is 17.0 Å². The average Bonchev–Trinajstić information content (AvgIpc) is 3.32. The lowest BCUT2D eigenvalue weighted by Gasteiger charge is -2.23. The number of sulfonamides is 1. The third-order valence-electron chi connectivity index (χ3n) is 6.05. The number of nitrogens with one attached hydrogen (secondary N) is 1. The van der Waals surface area contributed by atoms with Crippen LogP contribution in [-0.2, 0) is 27.5 Å². The standard InChI is InChI=1S/C25H23F4N5O3S/c1-30-12-16-10-23(34(14-16)38(36,37)21-8-6-19(26)7-9-21)24(35)31-13-20-11-22(33-15-32-20)17-2-4-18(5-3-17)25(27,28)29/h2-9,11-12,15-16,23H,10,13-14H2,1H3,(H,31,35)/t16-,23-/m0/s1. The number of amides is 1. The predicted molar refractivity (Wildman–Crippen MR) is 131 cm³/mol. The van der Waals surface area contributed by atoms with E-state index in [9.17, 15) is 30.8 Å². The zero-order valence-electron chi connectivity index (χ0n) is 20.1. The average molecular weight is 550 g/mol. The summed E-state index contributed by atoms with van der Waals surface area (Å²) in [7, 11) is -2.55. The third-order valence-corrected chi connectivity index (χ3v) is 7.94. The van der Waals surface area contributed by atoms with Crippen molar-refractivity contribution >= 4 is 22.1 Å². The summed E-state index contributed by atoms with van der Waals surface area (Å²) in [6, 6.07) is 9.32. The van der Waals surface area contributed by atoms with E-state index in [-0.39, 0.29) is 30.3 Å². The summed E-state index contributed by atoms with van der Waals surface area (Å²) in [6.07, 6.45) is -1.45. The highest BCUT2D eigenvalue weighted by molar-refractivity contribution is 7.89. The number of halogens is 4. The number of hydrogen-bond donors (Lipinski definition) is 1. The van der Waals surface area contributed by atoms with E-state index in [1.54, 1.807) is 13.3 Å². The molecule has 0 saturated carbocycles. The molecule has 2 aromatic carbocycles. The van der Waals surface area contributed by atoms with Gasteiger partial charge in [0.2, 0.25) is 15.9 Å². The lowest BCUT2D eigenvalue weighted by Crippen LogP contribution is -2.45. The fraction of sp³-hybridized carbons (Fsp3) is 0.280. The molecule has 1 amide bonds. The van der Waals surface area contributed by atoms with Gasteiger partial charge in [0.05, 0.1) is 28.4 Å². The third kappa shape index (κ3) is 6.05. The lowest BCUT2D eigenvalue weighted by molar-refractivity contribution is -0.137. The van der Waals surface area contributed by atoms with Crippen molar-refractivity contribution < 1.29 is 30.8 Å². The van der Waals surface area contributed by atoms with Crippen LogP contribution in [0, 0.1) is 11.7 Å². The molecule has 1 N–H and O–H groups in total. The Kier molecular flexibility index (Phi) is 7.88. The van der Waals surface area contributed by atoms with Crippen LogP contribution in [0.1, 0.15) is 17.7 Å². The van der Waals surface area contributed by atoms with E-state index in [0.717, 1.165) is 40.7 Å². The first-order valence-electron chi connectivity index (χ1n) is 11.4. The van der Waals surface area contributed by atoms with E-state index in [1.165, 1.54) is 24.5 Å². The molecule has 1 aliphatic rings. The SMILES string of the molecule is CN=C[C@@H]1C[C@@H](C(=O)NCc2cc(-c3ccc(C(F)(F)F)cc3)ncn2)N(S(=O)(=O)c2ccc(F)cc2)C1. The number of alkyl halides is 3. The highest BCUT2D eigenvalue weighted by Gasteiger charge is 2.43. The van der Waals surface area contributed by atoms with Crippen molar-refractivity contribution in [3.8, 4) is 11.3 Å². The number of aliphatic imine (C=N–C) groups is 1. The van der Waals surface area contributed by atoms with Gasteiger partial charge in [-0.05, 0) is 48.9 Å². The van der Waals surface area contributed by atoms with Crippen LogP contribution in [0.2, 0.25) is 0 Å². The molecule has 1 saturated heterocycles. The predicted octanol–water partition coefficient (Wildman–Crippen LogP) is 3.70. The van der Waals surface area contributed by atoms with Gasteiger partial charge in [-0.15, -0.1) is 0 Å². The van der Waals surface area contributed by atoms with Crippen molar-refractivity contribution in [1.82, 2.24) is 19.6 Å². The lowest BCUT2D eigenvalue weighted by atomic mass is 10.1. The highest BCUT2D eigenvalue weighted by atomic mass is 32.2. The molecule has 8 nitrogen and oxygen atoms in total. The molecule has 13 heteroatoms. The van der Waals surface area contributed by atoms with E-state index >= 15 is 0 Å². The molecule has 200 valence electrons. The number of aromatic nitrogens is 2. The molecule has 0 bridgehead atoms. The molecule has 38 heavy (non-hydrogen) atoms. The Morgan fingerprint density at radius 2 is 1.82 bits per heavy atom. The van der Waals surface area contributed by atoms with E-state index in [4.69, 9.17) is 0 Å². The van der Waals surface area contributed by atoms with Gasteiger partial charge in [-0.25, -0.2) is 22.8 Å². The minimum atomic E-state index is -4.46. The van der Waals surface area contributed by atoms with Crippen LogP contribution in [0.25, 0.3) is 11.3 Å². The first-order valence-corrected chi connectivity index (χ1v) is 12.9. The number of benzene rings is 2. The largest absolute Gasteiger partial charge is 0.416 e. The Hall–Kier alpha value is -3.71. The van der Waals surface area contributed by atoms with Gasteiger partial charge < -0.3 is 10.3 Å². The molecule has 4 rings (SSSR count). The van der Waals surface area contributed by atoms with Crippen molar-refractivity contribution in [1.29, 1.82) is 0 Å². The van der Waals surface area contributed by atoms with Crippen molar-refractivity contribution in [3.63, 3.8) is 0 Å². The van der Waals surface area contributed by atoms with Crippen LogP contribution in [0.15, 0.2) is 70.8 Å². The van der Waals surface area contributed by atoms with Gasteiger partial charge >= 0.3 is 6.18 Å². The zero-order valence-corrected chi connectivity index (χ0v) is 20.9. The summed E-state index contributed by atoms with van der Waals surface area (Å²) < 4.78 is 79.5. The summed E-state index contributed by atoms with van der Waals surface area (Å²) in [5.41, 5.74) is 0.382. The highest BCUT2D eigenvalue weighted by Crippen LogP contribution is 2.31. The molecule has 0 radical (unpaired) electrons. The summed E-state index contributed by atoms with van der Waals surface area (Å²) in [4.78, 5) is 25.1. The molecule has 0 unspecified atom stereocenters. The van der Waals surface area contributed by atoms with Crippen LogP contribution in [0.4, 0.5) is 17.6 Å². The van der Waals surface area contributed by atoms with Crippen LogP contribution in [-0.4, -0.2) is 54.4 Å². The molecule has 1 aromatic heterocycles. The molecular formula is C25H23F4N5O3S. The fourth-order valence-electron chi connectivity index (χ4n) is 4.18. The maximum absolute atomic E-state index is 13.3. The van der Waals surface area contributed by atoms with Gasteiger partial charge in [-0.3, -0.25) is 4.79 Å². The molecule has 1 fully saturated rings. The fourth-order valence-corrected chi connectivity index (χ4v) is 5.83. The first-order chi connectivity index (χ1) is 18.0. The van der Waals surface area contributed by atoms with Crippen LogP contribution in [0.5, 0.6) is 0 Å². The van der Waals surface area contributed by atoms with Crippen LogP contribution < -0.4 is 5.32 Å². The van der Waals surface area contributed by atoms with Crippen molar-refractivity contribution in [2.75, 3.05) is 13.6 Å². The number of carbonyl (C=O) groups excluding carboxylic acids is 1. The van der Waals surface area contributed by atoms with Crippen LogP contribution in [0.3, 0.4) is 0 Å². The van der Waals surface area contributed by atoms with E-state index in [2.05, 4.69) is 20.3 Å². The van der Waals surface area contributed by atoms with Gasteiger partial charge in [-0.1, -0.05) is 12.1 Å². The Bertz CT molecular complexity index is 1430. The number of rotatable bonds is 7. The molecule has 1 aliphatic heterocycles. The zero-order chi connectivity index (χ0) is 27.5. The maximum atomic E-state index is 13.3. The minimum Gasteiger partial charge on any atom is -0.349 e. The Labute approximate surface area is 216 Å². The topological polar surface area (TPSA) is 105 Å². The number of carbonyl (C=O) groups is 1. The molecule has 3 aromatic rings. The van der Waals surface area contributed by atoms with Gasteiger partial charge in [-0.2, -0.15) is 17.5 Å². The van der Waals surface area contributed by atoms with Crippen molar-refractivity contribution in [3.05, 3.63) is 78.0 Å². The second kappa shape index (κ2) is 11.0. The molecular weight excluding hydrogens is 526 g/mol. The normalized spacial score (nSPS) is 18.7. The summed E-state index contributed by atoms with van der Waals surface area (Å²) in [5.74, 6) is -1.44. The molecule has 2 atom stereocenters. The van der Waals surface area contributed by atoms with Crippen LogP contribution >= 0.6 is 0 Å². The summed E-state index contributed by atoms with van der Waals surface area (Å²) in [6.45, 7) is -0.0385. The quantitative estimate of drug-likeness (QED) is 0.358. The molecule has 2 heterocycles. The Balaban J connectivity index is 1.50. The van der Waals surface area contributed by atoms with Gasteiger partial charge in [0, 0.05) is 31.3 Å². The summed E-state index contributed by atoms with van der Waals surface area (Å²) >= 11 is 0. The van der Waals surface area contributed by atoms with Gasteiger partial charge in [0.25, 0.3) is 0 Å². The van der Waals surface area contributed by atoms with Gasteiger partial charge in [0.1, 0.15) is 18.2 Å². The van der Waals surface area contributed by atoms with Crippen molar-refractivity contribution in [2.45, 2.75) is 30.1 Å². The Morgan fingerprint density at radius 3 is 2.45 bits per heavy atom. The molecule has 0 aliphatic carbocycles. The monoisotopic (exact) mass is 549 g/mol. The Morgan fingerprint density at radius 1 is 1.13 bits per heavy atom.